The summed E-state index contributed by atoms with van der Waals surface area (Å²) in [6, 6.07) is 7.52. The molecule has 1 fully saturated rings. The van der Waals surface area contributed by atoms with Crippen molar-refractivity contribution in [2.45, 2.75) is 43.8 Å². The zero-order valence-corrected chi connectivity index (χ0v) is 17.8. The van der Waals surface area contributed by atoms with E-state index in [1.54, 1.807) is 7.11 Å². The predicted octanol–water partition coefficient (Wildman–Crippen LogP) is 3.25. The Morgan fingerprint density at radius 2 is 1.93 bits per heavy atom. The van der Waals surface area contributed by atoms with Crippen LogP contribution in [0.4, 0.5) is 4.79 Å². The molecule has 1 saturated carbocycles. The van der Waals surface area contributed by atoms with E-state index in [-0.39, 0.29) is 17.7 Å². The molecule has 0 unspecified atom stereocenters. The van der Waals surface area contributed by atoms with Gasteiger partial charge in [-0.2, -0.15) is 0 Å². The minimum absolute atomic E-state index is 0.0925. The SMILES string of the molecule is CNC(=O)NC(=O)CSc1nnc(-c2ccc(OC)cc2)n1[C@H]1CCCC[C@@H]1C. The fraction of sp³-hybridized carbons (Fsp3) is 0.500. The minimum Gasteiger partial charge on any atom is -0.497 e. The average Bonchev–Trinajstić information content (AvgIpc) is 3.16. The fourth-order valence-corrected chi connectivity index (χ4v) is 4.44. The molecule has 0 spiro atoms. The number of imide groups is 1. The number of rotatable bonds is 6. The van der Waals surface area contributed by atoms with Gasteiger partial charge in [0.1, 0.15) is 5.75 Å². The van der Waals surface area contributed by atoms with Crippen LogP contribution in [-0.2, 0) is 4.79 Å². The summed E-state index contributed by atoms with van der Waals surface area (Å²) in [4.78, 5) is 23.4. The summed E-state index contributed by atoms with van der Waals surface area (Å²) < 4.78 is 7.43. The van der Waals surface area contributed by atoms with Crippen molar-refractivity contribution in [3.63, 3.8) is 0 Å². The van der Waals surface area contributed by atoms with Crippen LogP contribution in [0.1, 0.15) is 38.6 Å². The molecule has 2 atom stereocenters. The molecule has 156 valence electrons. The van der Waals surface area contributed by atoms with Crippen LogP contribution in [0, 0.1) is 5.92 Å². The molecule has 1 aromatic heterocycles. The molecular formula is C20H27N5O3S. The van der Waals surface area contributed by atoms with Crippen molar-refractivity contribution in [2.75, 3.05) is 19.9 Å². The molecule has 0 saturated heterocycles. The third-order valence-corrected chi connectivity index (χ3v) is 6.17. The second-order valence-electron chi connectivity index (χ2n) is 7.15. The van der Waals surface area contributed by atoms with Gasteiger partial charge in [-0.15, -0.1) is 10.2 Å². The number of aromatic nitrogens is 3. The number of methoxy groups -OCH3 is 1. The second kappa shape index (κ2) is 9.78. The summed E-state index contributed by atoms with van der Waals surface area (Å²) in [5.74, 6) is 1.80. The van der Waals surface area contributed by atoms with Crippen LogP contribution < -0.4 is 15.4 Å². The van der Waals surface area contributed by atoms with Crippen molar-refractivity contribution in [1.29, 1.82) is 0 Å². The number of hydrogen-bond donors (Lipinski definition) is 2. The van der Waals surface area contributed by atoms with Gasteiger partial charge in [0.05, 0.1) is 12.9 Å². The van der Waals surface area contributed by atoms with E-state index in [9.17, 15) is 9.59 Å². The highest BCUT2D eigenvalue weighted by Crippen LogP contribution is 2.39. The van der Waals surface area contributed by atoms with Gasteiger partial charge in [0.2, 0.25) is 5.91 Å². The lowest BCUT2D eigenvalue weighted by atomic mass is 9.85. The maximum atomic E-state index is 12.0. The summed E-state index contributed by atoms with van der Waals surface area (Å²) in [6.07, 6.45) is 4.61. The summed E-state index contributed by atoms with van der Waals surface area (Å²) in [5.41, 5.74) is 0.956. The molecule has 1 aliphatic carbocycles. The molecule has 3 amide bonds. The first-order valence-corrected chi connectivity index (χ1v) is 10.8. The molecule has 29 heavy (non-hydrogen) atoms. The number of thioether (sulfide) groups is 1. The first-order valence-electron chi connectivity index (χ1n) is 9.77. The highest BCUT2D eigenvalue weighted by Gasteiger charge is 2.29. The Morgan fingerprint density at radius 1 is 1.21 bits per heavy atom. The van der Waals surface area contributed by atoms with Crippen LogP contribution in [0.5, 0.6) is 5.75 Å². The zero-order chi connectivity index (χ0) is 20.8. The summed E-state index contributed by atoms with van der Waals surface area (Å²) >= 11 is 1.30. The third-order valence-electron chi connectivity index (χ3n) is 5.22. The van der Waals surface area contributed by atoms with Gasteiger partial charge >= 0.3 is 6.03 Å². The number of hydrogen-bond acceptors (Lipinski definition) is 6. The van der Waals surface area contributed by atoms with Crippen LogP contribution in [-0.4, -0.2) is 46.6 Å². The standard InChI is InChI=1S/C20H27N5O3S/c1-13-6-4-5-7-16(13)25-18(14-8-10-15(28-3)11-9-14)23-24-20(25)29-12-17(26)22-19(27)21-2/h8-11,13,16H,4-7,12H2,1-3H3,(H2,21,22,26,27)/t13-,16-/m0/s1. The van der Waals surface area contributed by atoms with Gasteiger partial charge in [-0.1, -0.05) is 31.5 Å². The highest BCUT2D eigenvalue weighted by molar-refractivity contribution is 7.99. The topological polar surface area (TPSA) is 98.1 Å². The molecule has 0 bridgehead atoms. The number of carbonyl (C=O) groups is 2. The Morgan fingerprint density at radius 3 is 2.59 bits per heavy atom. The summed E-state index contributed by atoms with van der Waals surface area (Å²) in [5, 5.41) is 14.2. The van der Waals surface area contributed by atoms with Gasteiger partial charge in [-0.05, 0) is 43.0 Å². The Bertz CT molecular complexity index is 852. The number of ether oxygens (including phenoxy) is 1. The lowest BCUT2D eigenvalue weighted by Gasteiger charge is -2.31. The first kappa shape index (κ1) is 21.2. The number of nitrogens with zero attached hydrogens (tertiary/aromatic N) is 3. The van der Waals surface area contributed by atoms with Crippen molar-refractivity contribution in [2.24, 2.45) is 5.92 Å². The summed E-state index contributed by atoms with van der Waals surface area (Å²) in [7, 11) is 3.11. The molecule has 2 aromatic rings. The number of urea groups is 1. The lowest BCUT2D eigenvalue weighted by molar-refractivity contribution is -0.117. The number of carbonyl (C=O) groups excluding carboxylic acids is 2. The largest absolute Gasteiger partial charge is 0.497 e. The maximum absolute atomic E-state index is 12.0. The number of nitrogens with one attached hydrogen (secondary N) is 2. The summed E-state index contributed by atoms with van der Waals surface area (Å²) in [6.45, 7) is 2.26. The van der Waals surface area contributed by atoms with Gasteiger partial charge in [-0.25, -0.2) is 4.79 Å². The van der Waals surface area contributed by atoms with Crippen LogP contribution in [0.25, 0.3) is 11.4 Å². The van der Waals surface area contributed by atoms with E-state index >= 15 is 0 Å². The normalized spacial score (nSPS) is 18.9. The van der Waals surface area contributed by atoms with E-state index in [0.717, 1.165) is 36.4 Å². The molecule has 0 aliphatic heterocycles. The molecule has 1 aliphatic rings. The molecule has 2 N–H and O–H groups in total. The van der Waals surface area contributed by atoms with Gasteiger partial charge in [0, 0.05) is 18.7 Å². The van der Waals surface area contributed by atoms with Crippen molar-refractivity contribution in [1.82, 2.24) is 25.4 Å². The Labute approximate surface area is 174 Å². The molecule has 9 heteroatoms. The molecule has 8 nitrogen and oxygen atoms in total. The monoisotopic (exact) mass is 417 g/mol. The Hall–Kier alpha value is -2.55. The Balaban J connectivity index is 1.88. The van der Waals surface area contributed by atoms with Crippen LogP contribution in [0.3, 0.4) is 0 Å². The predicted molar refractivity (Wildman–Crippen MR) is 112 cm³/mol. The van der Waals surface area contributed by atoms with Crippen molar-refractivity contribution in [3.05, 3.63) is 24.3 Å². The van der Waals surface area contributed by atoms with Crippen molar-refractivity contribution < 1.29 is 14.3 Å². The van der Waals surface area contributed by atoms with E-state index in [0.29, 0.717) is 11.1 Å². The molecular weight excluding hydrogens is 390 g/mol. The van der Waals surface area contributed by atoms with Crippen molar-refractivity contribution in [3.8, 4) is 17.1 Å². The first-order chi connectivity index (χ1) is 14.0. The van der Waals surface area contributed by atoms with Gasteiger partial charge < -0.3 is 10.1 Å². The molecule has 3 rings (SSSR count). The van der Waals surface area contributed by atoms with Crippen LogP contribution >= 0.6 is 11.8 Å². The van der Waals surface area contributed by atoms with Gasteiger partial charge in [0.15, 0.2) is 11.0 Å². The van der Waals surface area contributed by atoms with E-state index < -0.39 is 6.03 Å². The van der Waals surface area contributed by atoms with E-state index in [4.69, 9.17) is 4.74 Å². The lowest BCUT2D eigenvalue weighted by Crippen LogP contribution is -2.38. The zero-order valence-electron chi connectivity index (χ0n) is 17.0. The fourth-order valence-electron chi connectivity index (χ4n) is 3.65. The molecule has 1 heterocycles. The quantitative estimate of drug-likeness (QED) is 0.700. The van der Waals surface area contributed by atoms with Crippen LogP contribution in [0.15, 0.2) is 29.4 Å². The number of benzene rings is 1. The smallest absolute Gasteiger partial charge is 0.321 e. The Kier molecular flexibility index (Phi) is 7.13. The maximum Gasteiger partial charge on any atom is 0.321 e. The average molecular weight is 418 g/mol. The minimum atomic E-state index is -0.517. The van der Waals surface area contributed by atoms with Crippen molar-refractivity contribution >= 4 is 23.7 Å². The third kappa shape index (κ3) is 5.09. The van der Waals surface area contributed by atoms with Gasteiger partial charge in [0.25, 0.3) is 0 Å². The van der Waals surface area contributed by atoms with E-state index in [2.05, 4.69) is 32.3 Å². The molecule has 0 radical (unpaired) electrons. The van der Waals surface area contributed by atoms with E-state index in [1.165, 1.54) is 25.2 Å². The van der Waals surface area contributed by atoms with Crippen LogP contribution in [0.2, 0.25) is 0 Å². The van der Waals surface area contributed by atoms with Gasteiger partial charge in [-0.3, -0.25) is 14.7 Å². The highest BCUT2D eigenvalue weighted by atomic mass is 32.2. The molecule has 1 aromatic carbocycles. The second-order valence-corrected chi connectivity index (χ2v) is 8.09. The number of amides is 3. The van der Waals surface area contributed by atoms with E-state index in [1.807, 2.05) is 24.3 Å².